The van der Waals surface area contributed by atoms with Crippen molar-refractivity contribution in [3.05, 3.63) is 72.8 Å². The quantitative estimate of drug-likeness (QED) is 0.456. The molecular weight excluding hydrogens is 478 g/mol. The predicted molar refractivity (Wildman–Crippen MR) is 142 cm³/mol. The van der Waals surface area contributed by atoms with E-state index in [1.165, 1.54) is 51.7 Å². The fourth-order valence-electron chi connectivity index (χ4n) is 4.25. The van der Waals surface area contributed by atoms with Gasteiger partial charge in [-0.05, 0) is 67.8 Å². The van der Waals surface area contributed by atoms with Crippen LogP contribution in [-0.2, 0) is 14.8 Å². The Morgan fingerprint density at radius 3 is 2.19 bits per heavy atom. The number of nitrogens with zero attached hydrogens (tertiary/aromatic N) is 2. The number of anilines is 3. The maximum atomic E-state index is 13.7. The highest BCUT2D eigenvalue weighted by atomic mass is 32.2. The van der Waals surface area contributed by atoms with Gasteiger partial charge in [-0.1, -0.05) is 18.2 Å². The lowest BCUT2D eigenvalue weighted by atomic mass is 10.1. The summed E-state index contributed by atoms with van der Waals surface area (Å²) in [6.07, 6.45) is 3.62. The van der Waals surface area contributed by atoms with Crippen molar-refractivity contribution in [3.8, 4) is 11.5 Å². The maximum Gasteiger partial charge on any atom is 0.264 e. The lowest BCUT2D eigenvalue weighted by Crippen LogP contribution is -2.38. The highest BCUT2D eigenvalue weighted by Crippen LogP contribution is 2.32. The van der Waals surface area contributed by atoms with Gasteiger partial charge in [-0.2, -0.15) is 0 Å². The van der Waals surface area contributed by atoms with Crippen molar-refractivity contribution in [2.75, 3.05) is 48.4 Å². The minimum Gasteiger partial charge on any atom is -0.493 e. The Labute approximate surface area is 212 Å². The molecule has 1 aliphatic rings. The van der Waals surface area contributed by atoms with Crippen LogP contribution in [0.5, 0.6) is 11.5 Å². The Morgan fingerprint density at radius 2 is 1.56 bits per heavy atom. The number of nitrogens with one attached hydrogen (secondary N) is 1. The molecule has 1 saturated heterocycles. The number of benzene rings is 3. The van der Waals surface area contributed by atoms with E-state index in [0.29, 0.717) is 17.1 Å². The molecule has 1 fully saturated rings. The molecule has 4 rings (SSSR count). The van der Waals surface area contributed by atoms with Gasteiger partial charge in [0.25, 0.3) is 10.0 Å². The molecule has 1 N–H and O–H groups in total. The Kier molecular flexibility index (Phi) is 8.00. The van der Waals surface area contributed by atoms with Gasteiger partial charge >= 0.3 is 0 Å². The van der Waals surface area contributed by atoms with Gasteiger partial charge in [0, 0.05) is 30.5 Å². The third kappa shape index (κ3) is 5.73. The van der Waals surface area contributed by atoms with Gasteiger partial charge in [-0.15, -0.1) is 0 Å². The third-order valence-corrected chi connectivity index (χ3v) is 7.92. The molecule has 1 aliphatic heterocycles. The number of para-hydroxylation sites is 1. The van der Waals surface area contributed by atoms with Gasteiger partial charge in [0.05, 0.1) is 24.8 Å². The van der Waals surface area contributed by atoms with E-state index in [0.717, 1.165) is 23.1 Å². The van der Waals surface area contributed by atoms with Crippen LogP contribution in [0.15, 0.2) is 77.7 Å². The zero-order chi connectivity index (χ0) is 25.5. The van der Waals surface area contributed by atoms with Crippen molar-refractivity contribution in [2.24, 2.45) is 0 Å². The summed E-state index contributed by atoms with van der Waals surface area (Å²) < 4.78 is 38.9. The molecule has 190 valence electrons. The summed E-state index contributed by atoms with van der Waals surface area (Å²) in [6.45, 7) is 1.67. The van der Waals surface area contributed by atoms with Crippen LogP contribution in [0.1, 0.15) is 19.3 Å². The predicted octanol–water partition coefficient (Wildman–Crippen LogP) is 4.53. The largest absolute Gasteiger partial charge is 0.493 e. The third-order valence-electron chi connectivity index (χ3n) is 6.15. The second-order valence-corrected chi connectivity index (χ2v) is 10.4. The van der Waals surface area contributed by atoms with Crippen molar-refractivity contribution in [3.63, 3.8) is 0 Å². The summed E-state index contributed by atoms with van der Waals surface area (Å²) >= 11 is 0. The van der Waals surface area contributed by atoms with Gasteiger partial charge in [-0.3, -0.25) is 9.10 Å². The second kappa shape index (κ2) is 11.3. The van der Waals surface area contributed by atoms with Crippen LogP contribution in [0.3, 0.4) is 0 Å². The Morgan fingerprint density at radius 1 is 0.889 bits per heavy atom. The Balaban J connectivity index is 1.55. The number of carbonyl (C=O) groups excluding carboxylic acids is 1. The smallest absolute Gasteiger partial charge is 0.264 e. The molecule has 1 amide bonds. The topological polar surface area (TPSA) is 88.2 Å². The van der Waals surface area contributed by atoms with Crippen molar-refractivity contribution in [1.82, 2.24) is 0 Å². The molecule has 9 heteroatoms. The van der Waals surface area contributed by atoms with Crippen molar-refractivity contribution >= 4 is 33.0 Å². The molecular formula is C27H31N3O5S. The Hall–Kier alpha value is -3.72. The first-order chi connectivity index (χ1) is 17.4. The summed E-state index contributed by atoms with van der Waals surface area (Å²) in [6, 6.07) is 20.5. The number of hydrogen-bond acceptors (Lipinski definition) is 6. The molecule has 0 aliphatic carbocycles. The van der Waals surface area contributed by atoms with Crippen LogP contribution in [0.2, 0.25) is 0 Å². The van der Waals surface area contributed by atoms with E-state index < -0.39 is 22.5 Å². The fourth-order valence-corrected chi connectivity index (χ4v) is 5.69. The van der Waals surface area contributed by atoms with E-state index in [4.69, 9.17) is 9.47 Å². The Bertz CT molecular complexity index is 1270. The van der Waals surface area contributed by atoms with Crippen molar-refractivity contribution < 1.29 is 22.7 Å². The molecule has 0 spiro atoms. The van der Waals surface area contributed by atoms with E-state index in [1.807, 2.05) is 24.3 Å². The average molecular weight is 510 g/mol. The molecule has 36 heavy (non-hydrogen) atoms. The van der Waals surface area contributed by atoms with Crippen LogP contribution < -0.4 is 24.0 Å². The summed E-state index contributed by atoms with van der Waals surface area (Å²) in [7, 11) is -1.17. The van der Waals surface area contributed by atoms with E-state index in [1.54, 1.807) is 30.3 Å². The summed E-state index contributed by atoms with van der Waals surface area (Å²) in [5.41, 5.74) is 2.11. The highest BCUT2D eigenvalue weighted by molar-refractivity contribution is 7.92. The van der Waals surface area contributed by atoms with Crippen LogP contribution >= 0.6 is 0 Å². The summed E-state index contributed by atoms with van der Waals surface area (Å²) in [5.74, 6) is 0.243. The fraction of sp³-hybridized carbons (Fsp3) is 0.296. The second-order valence-electron chi connectivity index (χ2n) is 8.51. The van der Waals surface area contributed by atoms with Crippen LogP contribution in [0.25, 0.3) is 0 Å². The van der Waals surface area contributed by atoms with Crippen LogP contribution in [0.4, 0.5) is 17.1 Å². The van der Waals surface area contributed by atoms with Crippen LogP contribution in [0, 0.1) is 0 Å². The van der Waals surface area contributed by atoms with E-state index >= 15 is 0 Å². The molecule has 0 atom stereocenters. The number of methoxy groups -OCH3 is 2. The normalized spacial score (nSPS) is 13.7. The number of ether oxygens (including phenoxy) is 2. The molecule has 0 saturated carbocycles. The molecule has 0 bridgehead atoms. The summed E-state index contributed by atoms with van der Waals surface area (Å²) in [4.78, 5) is 15.3. The first-order valence-electron chi connectivity index (χ1n) is 11.9. The standard InChI is InChI=1S/C27H31N3O5S/c1-34-25-16-15-24(19-26(25)35-2)36(32,33)30(23-9-5-3-6-10-23)20-27(31)28-21-11-13-22(14-12-21)29-17-7-4-8-18-29/h3,5-6,9-16,19H,4,7-8,17-18,20H2,1-2H3,(H,28,31). The number of piperidine rings is 1. The van der Waals surface area contributed by atoms with E-state index in [9.17, 15) is 13.2 Å². The van der Waals surface area contributed by atoms with Gasteiger partial charge in [0.1, 0.15) is 6.54 Å². The number of sulfonamides is 1. The summed E-state index contributed by atoms with van der Waals surface area (Å²) in [5, 5.41) is 2.83. The van der Waals surface area contributed by atoms with Gasteiger partial charge in [0.15, 0.2) is 11.5 Å². The molecule has 0 radical (unpaired) electrons. The lowest BCUT2D eigenvalue weighted by molar-refractivity contribution is -0.114. The van der Waals surface area contributed by atoms with Crippen LogP contribution in [-0.4, -0.2) is 48.2 Å². The van der Waals surface area contributed by atoms with Crippen molar-refractivity contribution in [2.45, 2.75) is 24.2 Å². The number of carbonyl (C=O) groups is 1. The van der Waals surface area contributed by atoms with Gasteiger partial charge < -0.3 is 19.7 Å². The van der Waals surface area contributed by atoms with Gasteiger partial charge in [0.2, 0.25) is 5.91 Å². The molecule has 0 unspecified atom stereocenters. The van der Waals surface area contributed by atoms with E-state index in [2.05, 4.69) is 10.2 Å². The van der Waals surface area contributed by atoms with E-state index in [-0.39, 0.29) is 10.6 Å². The zero-order valence-electron chi connectivity index (χ0n) is 20.5. The number of rotatable bonds is 9. The first-order valence-corrected chi connectivity index (χ1v) is 13.3. The van der Waals surface area contributed by atoms with Gasteiger partial charge in [-0.25, -0.2) is 8.42 Å². The molecule has 0 aromatic heterocycles. The lowest BCUT2D eigenvalue weighted by Gasteiger charge is -2.29. The number of hydrogen-bond donors (Lipinski definition) is 1. The molecule has 1 heterocycles. The molecule has 3 aromatic carbocycles. The minimum absolute atomic E-state index is 0.0114. The zero-order valence-corrected chi connectivity index (χ0v) is 21.3. The molecule has 8 nitrogen and oxygen atoms in total. The average Bonchev–Trinajstić information content (AvgIpc) is 2.92. The monoisotopic (exact) mass is 509 g/mol. The number of amides is 1. The highest BCUT2D eigenvalue weighted by Gasteiger charge is 2.28. The first kappa shape index (κ1) is 25.4. The van der Waals surface area contributed by atoms with Crippen molar-refractivity contribution in [1.29, 1.82) is 0 Å². The maximum absolute atomic E-state index is 13.7. The minimum atomic E-state index is -4.09. The SMILES string of the molecule is COc1ccc(S(=O)(=O)N(CC(=O)Nc2ccc(N3CCCCC3)cc2)c2ccccc2)cc1OC. The molecule has 3 aromatic rings.